The van der Waals surface area contributed by atoms with E-state index in [1.54, 1.807) is 18.2 Å². The van der Waals surface area contributed by atoms with Gasteiger partial charge in [0.1, 0.15) is 5.75 Å². The molecule has 7 heteroatoms. The molecular formula is C9H5ClF2N2OS. The molecule has 0 atom stereocenters. The van der Waals surface area contributed by atoms with Crippen LogP contribution in [0.3, 0.4) is 0 Å². The van der Waals surface area contributed by atoms with E-state index < -0.39 is 6.61 Å². The van der Waals surface area contributed by atoms with Crippen molar-refractivity contribution in [3.63, 3.8) is 0 Å². The molecule has 0 fully saturated rings. The molecule has 0 aliphatic carbocycles. The smallest absolute Gasteiger partial charge is 0.387 e. The Morgan fingerprint density at radius 3 is 2.62 bits per heavy atom. The molecule has 0 spiro atoms. The minimum atomic E-state index is -2.87. The molecule has 0 unspecified atom stereocenters. The number of rotatable bonds is 3. The summed E-state index contributed by atoms with van der Waals surface area (Å²) in [5.74, 6) is 0.0605. The Morgan fingerprint density at radius 2 is 2.00 bits per heavy atom. The molecule has 0 radical (unpaired) electrons. The van der Waals surface area contributed by atoms with Gasteiger partial charge in [-0.25, -0.2) is 0 Å². The summed E-state index contributed by atoms with van der Waals surface area (Å²) in [5.41, 5.74) is 0.451. The lowest BCUT2D eigenvalue weighted by molar-refractivity contribution is -0.0494. The highest BCUT2D eigenvalue weighted by Gasteiger charge is 2.13. The third-order valence-electron chi connectivity index (χ3n) is 1.73. The van der Waals surface area contributed by atoms with Crippen LogP contribution in [0.1, 0.15) is 0 Å². The first kappa shape index (κ1) is 11.2. The zero-order valence-corrected chi connectivity index (χ0v) is 9.30. The fraction of sp³-hybridized carbons (Fsp3) is 0.111. The van der Waals surface area contributed by atoms with E-state index in [9.17, 15) is 8.78 Å². The van der Waals surface area contributed by atoms with Crippen LogP contribution >= 0.6 is 22.9 Å². The summed E-state index contributed by atoms with van der Waals surface area (Å²) >= 11 is 6.72. The SMILES string of the molecule is FC(F)Oc1ccccc1-c1nnc(Cl)s1. The third kappa shape index (κ3) is 2.45. The van der Waals surface area contributed by atoms with Gasteiger partial charge in [0.05, 0.1) is 5.56 Å². The molecule has 2 aromatic rings. The molecule has 16 heavy (non-hydrogen) atoms. The van der Waals surface area contributed by atoms with Crippen molar-refractivity contribution in [2.24, 2.45) is 0 Å². The fourth-order valence-electron chi connectivity index (χ4n) is 1.16. The Labute approximate surface area is 98.6 Å². The standard InChI is InChI=1S/C9H5ClF2N2OS/c10-8-14-13-7(16-8)5-3-1-2-4-6(5)15-9(11)12/h1-4,9H. The summed E-state index contributed by atoms with van der Waals surface area (Å²) in [7, 11) is 0. The maximum atomic E-state index is 12.1. The number of ether oxygens (including phenoxy) is 1. The van der Waals surface area contributed by atoms with Gasteiger partial charge in [0.25, 0.3) is 0 Å². The van der Waals surface area contributed by atoms with E-state index in [1.807, 2.05) is 0 Å². The van der Waals surface area contributed by atoms with E-state index >= 15 is 0 Å². The van der Waals surface area contributed by atoms with E-state index in [0.717, 1.165) is 11.3 Å². The zero-order chi connectivity index (χ0) is 11.5. The number of aromatic nitrogens is 2. The Kier molecular flexibility index (Phi) is 3.31. The zero-order valence-electron chi connectivity index (χ0n) is 7.73. The average molecular weight is 263 g/mol. The van der Waals surface area contributed by atoms with E-state index in [0.29, 0.717) is 10.6 Å². The van der Waals surface area contributed by atoms with Gasteiger partial charge in [-0.1, -0.05) is 23.5 Å². The van der Waals surface area contributed by atoms with Gasteiger partial charge in [0, 0.05) is 0 Å². The number of para-hydroxylation sites is 1. The van der Waals surface area contributed by atoms with Crippen molar-refractivity contribution in [3.8, 4) is 16.3 Å². The van der Waals surface area contributed by atoms with Gasteiger partial charge in [-0.3, -0.25) is 0 Å². The Hall–Kier alpha value is -1.27. The van der Waals surface area contributed by atoms with E-state index in [-0.39, 0.29) is 10.2 Å². The van der Waals surface area contributed by atoms with Crippen LogP contribution in [-0.4, -0.2) is 16.8 Å². The summed E-state index contributed by atoms with van der Waals surface area (Å²) in [4.78, 5) is 0. The van der Waals surface area contributed by atoms with Crippen LogP contribution in [0.5, 0.6) is 5.75 Å². The first-order chi connectivity index (χ1) is 7.66. The van der Waals surface area contributed by atoms with Crippen LogP contribution in [0.15, 0.2) is 24.3 Å². The fourth-order valence-corrected chi connectivity index (χ4v) is 2.01. The lowest BCUT2D eigenvalue weighted by atomic mass is 10.2. The molecule has 1 heterocycles. The number of halogens is 3. The summed E-state index contributed by atoms with van der Waals surface area (Å²) in [6, 6.07) is 6.36. The molecule has 0 amide bonds. The first-order valence-electron chi connectivity index (χ1n) is 4.20. The van der Waals surface area contributed by atoms with Gasteiger partial charge in [0.15, 0.2) is 5.01 Å². The van der Waals surface area contributed by atoms with Crippen molar-refractivity contribution in [3.05, 3.63) is 28.7 Å². The number of alkyl halides is 2. The molecular weight excluding hydrogens is 258 g/mol. The largest absolute Gasteiger partial charge is 0.434 e. The van der Waals surface area contributed by atoms with Gasteiger partial charge in [-0.2, -0.15) is 8.78 Å². The molecule has 1 aromatic heterocycles. The topological polar surface area (TPSA) is 35.0 Å². The van der Waals surface area contributed by atoms with Crippen molar-refractivity contribution < 1.29 is 13.5 Å². The second-order valence-corrected chi connectivity index (χ2v) is 4.29. The van der Waals surface area contributed by atoms with Gasteiger partial charge < -0.3 is 4.74 Å². The van der Waals surface area contributed by atoms with Crippen LogP contribution in [0.2, 0.25) is 4.47 Å². The Bertz CT molecular complexity index is 492. The third-order valence-corrected chi connectivity index (χ3v) is 2.79. The molecule has 1 aromatic carbocycles. The van der Waals surface area contributed by atoms with E-state index in [1.165, 1.54) is 6.07 Å². The molecule has 0 aliphatic heterocycles. The number of hydrogen-bond acceptors (Lipinski definition) is 4. The summed E-state index contributed by atoms with van der Waals surface area (Å²) < 4.78 is 28.9. The van der Waals surface area contributed by atoms with Crippen molar-refractivity contribution >= 4 is 22.9 Å². The van der Waals surface area contributed by atoms with Crippen molar-refractivity contribution in [2.75, 3.05) is 0 Å². The van der Waals surface area contributed by atoms with E-state index in [2.05, 4.69) is 14.9 Å². The van der Waals surface area contributed by atoms with Crippen molar-refractivity contribution in [2.45, 2.75) is 6.61 Å². The molecule has 84 valence electrons. The molecule has 0 aliphatic rings. The van der Waals surface area contributed by atoms with Gasteiger partial charge >= 0.3 is 6.61 Å². The van der Waals surface area contributed by atoms with E-state index in [4.69, 9.17) is 11.6 Å². The molecule has 0 saturated carbocycles. The van der Waals surface area contributed by atoms with Gasteiger partial charge in [-0.05, 0) is 23.7 Å². The van der Waals surface area contributed by atoms with Crippen LogP contribution in [0.25, 0.3) is 10.6 Å². The van der Waals surface area contributed by atoms with Gasteiger partial charge in [0.2, 0.25) is 4.47 Å². The highest BCUT2D eigenvalue weighted by molar-refractivity contribution is 7.18. The maximum absolute atomic E-state index is 12.1. The Morgan fingerprint density at radius 1 is 1.25 bits per heavy atom. The van der Waals surface area contributed by atoms with Crippen molar-refractivity contribution in [1.82, 2.24) is 10.2 Å². The lowest BCUT2D eigenvalue weighted by Gasteiger charge is -2.07. The van der Waals surface area contributed by atoms with Gasteiger partial charge in [-0.15, -0.1) is 10.2 Å². The summed E-state index contributed by atoms with van der Waals surface area (Å²) in [6.07, 6.45) is 0. The monoisotopic (exact) mass is 262 g/mol. The Balaban J connectivity index is 2.40. The number of hydrogen-bond donors (Lipinski definition) is 0. The second kappa shape index (κ2) is 4.71. The average Bonchev–Trinajstić information content (AvgIpc) is 2.65. The number of nitrogens with zero attached hydrogens (tertiary/aromatic N) is 2. The molecule has 3 nitrogen and oxygen atoms in total. The normalized spacial score (nSPS) is 10.8. The molecule has 2 rings (SSSR count). The van der Waals surface area contributed by atoms with Crippen LogP contribution in [-0.2, 0) is 0 Å². The van der Waals surface area contributed by atoms with Crippen molar-refractivity contribution in [1.29, 1.82) is 0 Å². The highest BCUT2D eigenvalue weighted by Crippen LogP contribution is 2.33. The molecule has 0 saturated heterocycles. The molecule has 0 N–H and O–H groups in total. The maximum Gasteiger partial charge on any atom is 0.387 e. The van der Waals surface area contributed by atoms with Crippen LogP contribution in [0.4, 0.5) is 8.78 Å². The molecule has 0 bridgehead atoms. The minimum absolute atomic E-state index is 0.0605. The predicted octanol–water partition coefficient (Wildman–Crippen LogP) is 3.46. The van der Waals surface area contributed by atoms with Crippen LogP contribution < -0.4 is 4.74 Å². The highest BCUT2D eigenvalue weighted by atomic mass is 35.5. The predicted molar refractivity (Wildman–Crippen MR) is 57.0 cm³/mol. The minimum Gasteiger partial charge on any atom is -0.434 e. The summed E-state index contributed by atoms with van der Waals surface area (Å²) in [6.45, 7) is -2.87. The second-order valence-electron chi connectivity index (χ2n) is 2.73. The summed E-state index contributed by atoms with van der Waals surface area (Å²) in [5, 5.41) is 7.82. The quantitative estimate of drug-likeness (QED) is 0.850. The number of benzene rings is 1. The lowest BCUT2D eigenvalue weighted by Crippen LogP contribution is -2.02. The van der Waals surface area contributed by atoms with Crippen LogP contribution in [0, 0.1) is 0 Å². The first-order valence-corrected chi connectivity index (χ1v) is 5.39.